The third-order valence-electron chi connectivity index (χ3n) is 11.2. The van der Waals surface area contributed by atoms with Crippen molar-refractivity contribution in [2.24, 2.45) is 7.05 Å². The topological polar surface area (TPSA) is 93.9 Å². The number of hydrogen-bond donors (Lipinski definition) is 1. The van der Waals surface area contributed by atoms with Crippen LogP contribution in [0.2, 0.25) is 5.02 Å². The number of aryl methyl sites for hydroxylation is 3. The minimum Gasteiger partial charge on any atom is -0.493 e. The summed E-state index contributed by atoms with van der Waals surface area (Å²) in [6.45, 7) is 9.96. The zero-order valence-corrected chi connectivity index (χ0v) is 32.4. The second-order valence-electron chi connectivity index (χ2n) is 14.6. The van der Waals surface area contributed by atoms with E-state index in [0.717, 1.165) is 68.8 Å². The first-order valence-corrected chi connectivity index (χ1v) is 19.3. The predicted octanol–water partition coefficient (Wildman–Crippen LogP) is 7.23. The normalized spacial score (nSPS) is 16.2. The minimum atomic E-state index is -5.38. The summed E-state index contributed by atoms with van der Waals surface area (Å²) in [5.74, 6) is -3.82. The number of halogens is 5. The fourth-order valence-corrected chi connectivity index (χ4v) is 8.56. The molecule has 0 aliphatic carbocycles. The summed E-state index contributed by atoms with van der Waals surface area (Å²) >= 11 is 7.01. The van der Waals surface area contributed by atoms with Crippen LogP contribution in [0.25, 0.3) is 32.8 Å². The van der Waals surface area contributed by atoms with Crippen LogP contribution in [0, 0.1) is 19.7 Å². The van der Waals surface area contributed by atoms with E-state index in [1.54, 1.807) is 45.6 Å². The van der Waals surface area contributed by atoms with Crippen molar-refractivity contribution in [1.29, 1.82) is 0 Å². The first kappa shape index (κ1) is 39.7. The van der Waals surface area contributed by atoms with E-state index >= 15 is 0 Å². The number of nitrogens with zero attached hydrogens (tertiary/aromatic N) is 5. The summed E-state index contributed by atoms with van der Waals surface area (Å²) in [6, 6.07) is 13.7. The Balaban J connectivity index is 1.26. The van der Waals surface area contributed by atoms with E-state index in [0.29, 0.717) is 62.9 Å². The quantitative estimate of drug-likeness (QED) is 0.0648. The highest BCUT2D eigenvalue weighted by Gasteiger charge is 2.43. The van der Waals surface area contributed by atoms with Gasteiger partial charge < -0.3 is 19.4 Å². The standard InChI is InChI=1S/C41H45ClF4N6O4/c1-25-35(26(2)49(3)48-25)36-33(42)12-11-32-31(7-5-23-55-34-8-4-6-27-24-28(43)9-10-30(27)34)38(39(53)56-40(54)41(44,45)46)52(37(32)36)22-19-50-17-20-51(21-18-50)29-13-15-47-16-14-29/h4,6,8-12,24,29,47H,5,7,13-23H2,1-3H3. The zero-order chi connectivity index (χ0) is 39.7. The molecule has 0 atom stereocenters. The van der Waals surface area contributed by atoms with Crippen molar-refractivity contribution in [3.05, 3.63) is 82.0 Å². The number of rotatable bonds is 11. The maximum atomic E-state index is 14.0. The molecule has 0 unspecified atom stereocenters. The lowest BCUT2D eigenvalue weighted by Crippen LogP contribution is -2.53. The van der Waals surface area contributed by atoms with Crippen molar-refractivity contribution in [3.8, 4) is 16.9 Å². The molecule has 0 radical (unpaired) electrons. The van der Waals surface area contributed by atoms with Gasteiger partial charge in [0, 0.05) is 80.0 Å². The second kappa shape index (κ2) is 16.5. The van der Waals surface area contributed by atoms with Gasteiger partial charge in [-0.25, -0.2) is 14.0 Å². The van der Waals surface area contributed by atoms with Gasteiger partial charge in [0.15, 0.2) is 0 Å². The Hall–Kier alpha value is -4.50. The highest BCUT2D eigenvalue weighted by atomic mass is 35.5. The molecule has 298 valence electrons. The Labute approximate surface area is 327 Å². The number of hydrogen-bond acceptors (Lipinski definition) is 8. The maximum Gasteiger partial charge on any atom is 0.491 e. The van der Waals surface area contributed by atoms with Crippen LogP contribution in [-0.2, 0) is 29.5 Å². The predicted molar refractivity (Wildman–Crippen MR) is 207 cm³/mol. The molecular weight excluding hydrogens is 752 g/mol. The molecule has 0 spiro atoms. The summed E-state index contributed by atoms with van der Waals surface area (Å²) in [4.78, 5) is 31.0. The van der Waals surface area contributed by atoms with E-state index in [1.165, 1.54) is 12.1 Å². The number of carbonyl (C=O) groups excluding carboxylic acids is 2. The molecule has 0 amide bonds. The van der Waals surface area contributed by atoms with Crippen molar-refractivity contribution in [3.63, 3.8) is 0 Å². The van der Waals surface area contributed by atoms with Crippen LogP contribution in [0.1, 0.15) is 46.7 Å². The first-order valence-electron chi connectivity index (χ1n) is 19.0. The third kappa shape index (κ3) is 8.15. The lowest BCUT2D eigenvalue weighted by molar-refractivity contribution is -0.193. The number of piperazine rings is 1. The average Bonchev–Trinajstić information content (AvgIpc) is 3.62. The van der Waals surface area contributed by atoms with E-state index in [4.69, 9.17) is 16.3 Å². The molecule has 0 bridgehead atoms. The van der Waals surface area contributed by atoms with Crippen molar-refractivity contribution in [2.75, 3.05) is 52.4 Å². The van der Waals surface area contributed by atoms with Crippen LogP contribution in [-0.4, -0.2) is 101 Å². The number of ether oxygens (including phenoxy) is 2. The zero-order valence-electron chi connectivity index (χ0n) is 31.6. The molecule has 56 heavy (non-hydrogen) atoms. The largest absolute Gasteiger partial charge is 0.493 e. The second-order valence-corrected chi connectivity index (χ2v) is 15.0. The summed E-state index contributed by atoms with van der Waals surface area (Å²) < 4.78 is 68.7. The number of alkyl halides is 3. The molecule has 2 aliphatic heterocycles. The molecule has 5 aromatic rings. The average molecular weight is 797 g/mol. The molecular formula is C41H45ClF4N6O4. The van der Waals surface area contributed by atoms with Gasteiger partial charge in [-0.2, -0.15) is 18.3 Å². The molecule has 1 N–H and O–H groups in total. The first-order chi connectivity index (χ1) is 26.8. The third-order valence-corrected chi connectivity index (χ3v) is 11.5. The van der Waals surface area contributed by atoms with E-state index in [-0.39, 0.29) is 31.1 Å². The smallest absolute Gasteiger partial charge is 0.491 e. The molecule has 10 nitrogen and oxygen atoms in total. The van der Waals surface area contributed by atoms with Crippen LogP contribution in [0.15, 0.2) is 48.5 Å². The fraction of sp³-hybridized carbons (Fsp3) is 0.439. The van der Waals surface area contributed by atoms with Crippen LogP contribution >= 0.6 is 11.6 Å². The van der Waals surface area contributed by atoms with E-state index in [1.807, 2.05) is 20.9 Å². The lowest BCUT2D eigenvalue weighted by atomic mass is 9.98. The highest BCUT2D eigenvalue weighted by Crippen LogP contribution is 2.42. The van der Waals surface area contributed by atoms with Crippen molar-refractivity contribution in [1.82, 2.24) is 29.5 Å². The molecule has 2 fully saturated rings. The Bertz CT molecular complexity index is 2260. The molecule has 0 saturated carbocycles. The molecule has 2 aliphatic rings. The summed E-state index contributed by atoms with van der Waals surface area (Å²) in [7, 11) is 1.81. The molecule has 2 saturated heterocycles. The lowest BCUT2D eigenvalue weighted by Gasteiger charge is -2.41. The van der Waals surface area contributed by atoms with Gasteiger partial charge >= 0.3 is 18.1 Å². The van der Waals surface area contributed by atoms with Crippen LogP contribution in [0.4, 0.5) is 17.6 Å². The number of fused-ring (bicyclic) bond motifs is 2. The number of carbonyl (C=O) groups is 2. The number of nitrogens with one attached hydrogen (secondary N) is 1. The Morgan fingerprint density at radius 3 is 2.39 bits per heavy atom. The summed E-state index contributed by atoms with van der Waals surface area (Å²) in [5, 5.41) is 10.4. The van der Waals surface area contributed by atoms with Crippen LogP contribution in [0.5, 0.6) is 5.75 Å². The van der Waals surface area contributed by atoms with Crippen molar-refractivity contribution >= 4 is 45.2 Å². The van der Waals surface area contributed by atoms with Gasteiger partial charge in [0.25, 0.3) is 0 Å². The SMILES string of the molecule is Cc1nn(C)c(C)c1-c1c(Cl)ccc2c(CCCOc3cccc4cc(F)ccc34)c(C(=O)OC(=O)C(F)(F)F)n(CCN3CCN(C4CCNCC4)CC3)c12. The fourth-order valence-electron chi connectivity index (χ4n) is 8.31. The number of benzene rings is 3. The Morgan fingerprint density at radius 1 is 0.964 bits per heavy atom. The van der Waals surface area contributed by atoms with Crippen LogP contribution in [0.3, 0.4) is 0 Å². The van der Waals surface area contributed by atoms with Crippen LogP contribution < -0.4 is 10.1 Å². The number of aromatic nitrogens is 3. The molecule has 4 heterocycles. The minimum absolute atomic E-state index is 0.144. The van der Waals surface area contributed by atoms with Gasteiger partial charge in [0.05, 0.1) is 22.8 Å². The van der Waals surface area contributed by atoms with Crippen molar-refractivity contribution < 1.29 is 36.6 Å². The summed E-state index contributed by atoms with van der Waals surface area (Å²) in [5.41, 5.74) is 3.63. The highest BCUT2D eigenvalue weighted by molar-refractivity contribution is 6.35. The monoisotopic (exact) mass is 796 g/mol. The van der Waals surface area contributed by atoms with Gasteiger partial charge in [0.2, 0.25) is 0 Å². The number of piperidine rings is 1. The summed E-state index contributed by atoms with van der Waals surface area (Å²) in [6.07, 6.45) is -2.65. The van der Waals surface area contributed by atoms with E-state index in [9.17, 15) is 27.2 Å². The maximum absolute atomic E-state index is 14.0. The van der Waals surface area contributed by atoms with E-state index < -0.39 is 18.1 Å². The Kier molecular flexibility index (Phi) is 11.7. The Morgan fingerprint density at radius 2 is 1.70 bits per heavy atom. The van der Waals surface area contributed by atoms with Gasteiger partial charge in [-0.05, 0) is 93.9 Å². The van der Waals surface area contributed by atoms with Crippen molar-refractivity contribution in [2.45, 2.75) is 58.3 Å². The molecule has 2 aromatic heterocycles. The van der Waals surface area contributed by atoms with Gasteiger partial charge in [0.1, 0.15) is 17.3 Å². The van der Waals surface area contributed by atoms with Gasteiger partial charge in [-0.15, -0.1) is 0 Å². The van der Waals surface area contributed by atoms with Gasteiger partial charge in [-0.1, -0.05) is 29.8 Å². The van der Waals surface area contributed by atoms with Gasteiger partial charge in [-0.3, -0.25) is 14.5 Å². The molecule has 15 heteroatoms. The number of esters is 2. The van der Waals surface area contributed by atoms with E-state index in [2.05, 4.69) is 25.0 Å². The molecule has 7 rings (SSSR count). The molecule has 3 aromatic carbocycles.